The second-order valence-electron chi connectivity index (χ2n) is 6.91. The van der Waals surface area contributed by atoms with Gasteiger partial charge in [-0.2, -0.15) is 0 Å². The molecule has 0 atom stereocenters. The van der Waals surface area contributed by atoms with Crippen LogP contribution in [0.15, 0.2) is 18.2 Å². The number of aromatic nitrogens is 2. The number of carbonyl (C=O) groups excluding carboxylic acids is 2. The minimum Gasteiger partial charge on any atom is -0.378 e. The predicted octanol–water partition coefficient (Wildman–Crippen LogP) is 3.53. The number of amides is 1. The van der Waals surface area contributed by atoms with E-state index in [1.807, 2.05) is 18.2 Å². The molecular weight excluding hydrogens is 376 g/mol. The number of ketones is 1. The highest BCUT2D eigenvalue weighted by Gasteiger charge is 2.20. The van der Waals surface area contributed by atoms with Gasteiger partial charge in [-0.1, -0.05) is 11.3 Å². The van der Waals surface area contributed by atoms with Gasteiger partial charge in [-0.05, 0) is 44.5 Å². The van der Waals surface area contributed by atoms with Crippen molar-refractivity contribution in [2.75, 3.05) is 36.5 Å². The van der Waals surface area contributed by atoms with E-state index in [0.717, 1.165) is 28.4 Å². The number of carbonyl (C=O) groups is 2. The normalized spacial score (nSPS) is 14.5. The number of rotatable bonds is 4. The third-order valence-electron chi connectivity index (χ3n) is 4.93. The zero-order valence-electron chi connectivity index (χ0n) is 16.1. The van der Waals surface area contributed by atoms with Crippen molar-refractivity contribution in [1.82, 2.24) is 9.97 Å². The van der Waals surface area contributed by atoms with Crippen LogP contribution in [-0.2, 0) is 4.74 Å². The van der Waals surface area contributed by atoms with E-state index in [4.69, 9.17) is 9.72 Å². The lowest BCUT2D eigenvalue weighted by molar-refractivity contribution is 0.101. The molecule has 0 saturated carbocycles. The van der Waals surface area contributed by atoms with E-state index in [0.29, 0.717) is 41.4 Å². The number of H-pyrrole nitrogens is 1. The van der Waals surface area contributed by atoms with Crippen LogP contribution in [0.4, 0.5) is 10.8 Å². The first-order chi connectivity index (χ1) is 13.4. The van der Waals surface area contributed by atoms with Gasteiger partial charge in [0.05, 0.1) is 23.4 Å². The molecule has 0 unspecified atom stereocenters. The topological polar surface area (TPSA) is 87.3 Å². The number of nitrogens with zero attached hydrogens (tertiary/aromatic N) is 2. The highest BCUT2D eigenvalue weighted by atomic mass is 32.1. The summed E-state index contributed by atoms with van der Waals surface area (Å²) in [5.74, 6) is -0.308. The third-order valence-corrected chi connectivity index (χ3v) is 6.01. The lowest BCUT2D eigenvalue weighted by atomic mass is 10.1. The van der Waals surface area contributed by atoms with E-state index >= 15 is 0 Å². The number of thiazole rings is 1. The van der Waals surface area contributed by atoms with Crippen LogP contribution in [0.3, 0.4) is 0 Å². The molecule has 1 amide bonds. The zero-order valence-corrected chi connectivity index (χ0v) is 16.9. The van der Waals surface area contributed by atoms with Crippen molar-refractivity contribution >= 4 is 44.1 Å². The number of benzene rings is 1. The molecule has 28 heavy (non-hydrogen) atoms. The number of hydrogen-bond acceptors (Lipinski definition) is 6. The van der Waals surface area contributed by atoms with Crippen LogP contribution in [0.5, 0.6) is 0 Å². The van der Waals surface area contributed by atoms with Crippen LogP contribution in [0, 0.1) is 13.8 Å². The SMILES string of the molecule is CC(=O)c1c(C)[nH]c(C(=O)Nc2ccc3nc(N4CCOCC4)sc3c2)c1C. The van der Waals surface area contributed by atoms with E-state index in [9.17, 15) is 9.59 Å². The molecule has 2 N–H and O–H groups in total. The highest BCUT2D eigenvalue weighted by Crippen LogP contribution is 2.31. The van der Waals surface area contributed by atoms with Gasteiger partial charge >= 0.3 is 0 Å². The van der Waals surface area contributed by atoms with Crippen LogP contribution < -0.4 is 10.2 Å². The molecular formula is C20H22N4O3S. The Bertz CT molecular complexity index is 1060. The molecule has 8 heteroatoms. The third kappa shape index (κ3) is 3.41. The molecule has 7 nitrogen and oxygen atoms in total. The first kappa shape index (κ1) is 18.6. The smallest absolute Gasteiger partial charge is 0.272 e. The van der Waals surface area contributed by atoms with Crippen molar-refractivity contribution in [1.29, 1.82) is 0 Å². The summed E-state index contributed by atoms with van der Waals surface area (Å²) in [6, 6.07) is 5.70. The first-order valence-electron chi connectivity index (χ1n) is 9.19. The maximum Gasteiger partial charge on any atom is 0.272 e. The monoisotopic (exact) mass is 398 g/mol. The molecule has 1 saturated heterocycles. The van der Waals surface area contributed by atoms with Gasteiger partial charge in [-0.25, -0.2) is 4.98 Å². The molecule has 0 spiro atoms. The Labute approximate surface area is 166 Å². The fourth-order valence-corrected chi connectivity index (χ4v) is 4.64. The van der Waals surface area contributed by atoms with Gasteiger partial charge in [0.1, 0.15) is 5.69 Å². The average Bonchev–Trinajstić information content (AvgIpc) is 3.22. The zero-order chi connectivity index (χ0) is 19.8. The number of anilines is 2. The molecule has 0 aliphatic carbocycles. The summed E-state index contributed by atoms with van der Waals surface area (Å²) in [6.07, 6.45) is 0. The molecule has 0 radical (unpaired) electrons. The van der Waals surface area contributed by atoms with Gasteiger partial charge < -0.3 is 19.9 Å². The molecule has 1 fully saturated rings. The maximum absolute atomic E-state index is 12.7. The molecule has 3 aromatic rings. The second-order valence-corrected chi connectivity index (χ2v) is 7.92. The van der Waals surface area contributed by atoms with E-state index < -0.39 is 0 Å². The number of ether oxygens (including phenoxy) is 1. The van der Waals surface area contributed by atoms with Crippen LogP contribution in [0.25, 0.3) is 10.2 Å². The molecule has 0 bridgehead atoms. The Morgan fingerprint density at radius 2 is 2.00 bits per heavy atom. The number of fused-ring (bicyclic) bond motifs is 1. The summed E-state index contributed by atoms with van der Waals surface area (Å²) in [7, 11) is 0. The largest absolute Gasteiger partial charge is 0.378 e. The molecule has 146 valence electrons. The Balaban J connectivity index is 1.57. The predicted molar refractivity (Wildman–Crippen MR) is 111 cm³/mol. The molecule has 1 aliphatic heterocycles. The second kappa shape index (κ2) is 7.37. The molecule has 2 aromatic heterocycles. The van der Waals surface area contributed by atoms with Gasteiger partial charge in [0, 0.05) is 30.0 Å². The van der Waals surface area contributed by atoms with Crippen LogP contribution in [-0.4, -0.2) is 48.0 Å². The minimum absolute atomic E-state index is 0.0491. The lowest BCUT2D eigenvalue weighted by Gasteiger charge is -2.25. The number of morpholine rings is 1. The van der Waals surface area contributed by atoms with Gasteiger partial charge in [-0.3, -0.25) is 9.59 Å². The number of hydrogen-bond donors (Lipinski definition) is 2. The Morgan fingerprint density at radius 3 is 2.68 bits per heavy atom. The fourth-order valence-electron chi connectivity index (χ4n) is 3.58. The van der Waals surface area contributed by atoms with E-state index in [2.05, 4.69) is 15.2 Å². The Hall–Kier alpha value is -2.71. The lowest BCUT2D eigenvalue weighted by Crippen LogP contribution is -2.36. The van der Waals surface area contributed by atoms with Crippen molar-refractivity contribution in [3.63, 3.8) is 0 Å². The quantitative estimate of drug-likeness (QED) is 0.657. The van der Waals surface area contributed by atoms with Gasteiger partial charge in [0.25, 0.3) is 5.91 Å². The number of Topliss-reactive ketones (excluding diaryl/α,β-unsaturated/α-hetero) is 1. The summed E-state index contributed by atoms with van der Waals surface area (Å²) >= 11 is 1.61. The maximum atomic E-state index is 12.7. The van der Waals surface area contributed by atoms with E-state index in [1.165, 1.54) is 6.92 Å². The molecule has 1 aromatic carbocycles. The van der Waals surface area contributed by atoms with Crippen LogP contribution >= 0.6 is 11.3 Å². The highest BCUT2D eigenvalue weighted by molar-refractivity contribution is 7.22. The van der Waals surface area contributed by atoms with Crippen LogP contribution in [0.2, 0.25) is 0 Å². The number of nitrogens with one attached hydrogen (secondary N) is 2. The molecule has 4 rings (SSSR count). The van der Waals surface area contributed by atoms with Crippen molar-refractivity contribution in [3.05, 3.63) is 40.7 Å². The first-order valence-corrected chi connectivity index (χ1v) is 10.0. The van der Waals surface area contributed by atoms with Crippen molar-refractivity contribution < 1.29 is 14.3 Å². The van der Waals surface area contributed by atoms with Crippen molar-refractivity contribution in [2.24, 2.45) is 0 Å². The average molecular weight is 398 g/mol. The summed E-state index contributed by atoms with van der Waals surface area (Å²) in [4.78, 5) is 34.5. The number of aryl methyl sites for hydroxylation is 1. The fraction of sp³-hybridized carbons (Fsp3) is 0.350. The van der Waals surface area contributed by atoms with Crippen molar-refractivity contribution in [2.45, 2.75) is 20.8 Å². The van der Waals surface area contributed by atoms with Gasteiger partial charge in [0.15, 0.2) is 10.9 Å². The van der Waals surface area contributed by atoms with E-state index in [-0.39, 0.29) is 11.7 Å². The molecule has 1 aliphatic rings. The minimum atomic E-state index is -0.259. The Morgan fingerprint density at radius 1 is 1.25 bits per heavy atom. The summed E-state index contributed by atoms with van der Waals surface area (Å²) < 4.78 is 6.42. The number of aromatic amines is 1. The Kier molecular flexibility index (Phi) is 4.91. The molecule has 3 heterocycles. The summed E-state index contributed by atoms with van der Waals surface area (Å²) in [6.45, 7) is 8.21. The summed E-state index contributed by atoms with van der Waals surface area (Å²) in [5, 5.41) is 3.90. The summed E-state index contributed by atoms with van der Waals surface area (Å²) in [5.41, 5.74) is 4.00. The van der Waals surface area contributed by atoms with Gasteiger partial charge in [-0.15, -0.1) is 0 Å². The van der Waals surface area contributed by atoms with Gasteiger partial charge in [0.2, 0.25) is 0 Å². The van der Waals surface area contributed by atoms with E-state index in [1.54, 1.807) is 25.2 Å². The van der Waals surface area contributed by atoms with Crippen molar-refractivity contribution in [3.8, 4) is 0 Å². The van der Waals surface area contributed by atoms with Crippen LogP contribution in [0.1, 0.15) is 39.0 Å². The standard InChI is InChI=1S/C20H22N4O3S/c1-11-17(13(3)25)12(2)21-18(11)19(26)22-14-4-5-15-16(10-14)28-20(23-15)24-6-8-27-9-7-24/h4-5,10,21H,6-9H2,1-3H3,(H,22,26).